The van der Waals surface area contributed by atoms with Crippen molar-refractivity contribution in [2.24, 2.45) is 0 Å². The first kappa shape index (κ1) is 11.6. The molecule has 1 atom stereocenters. The van der Waals surface area contributed by atoms with Crippen LogP contribution in [0.3, 0.4) is 0 Å². The van der Waals surface area contributed by atoms with Gasteiger partial charge in [0.05, 0.1) is 11.7 Å². The molecule has 2 nitrogen and oxygen atoms in total. The summed E-state index contributed by atoms with van der Waals surface area (Å²) in [5.74, 6) is 0.512. The molecule has 1 N–H and O–H groups in total. The predicted octanol–water partition coefficient (Wildman–Crippen LogP) is 4.04. The van der Waals surface area contributed by atoms with Crippen LogP contribution in [0.4, 0.5) is 14.5 Å². The third-order valence-corrected chi connectivity index (χ3v) is 2.49. The van der Waals surface area contributed by atoms with E-state index in [2.05, 4.69) is 5.32 Å². The number of nitrogens with one attached hydrogen (secondary N) is 1. The Hall–Kier alpha value is -1.84. The van der Waals surface area contributed by atoms with Crippen molar-refractivity contribution in [1.82, 2.24) is 0 Å². The molecule has 17 heavy (non-hydrogen) atoms. The van der Waals surface area contributed by atoms with Gasteiger partial charge in [0.1, 0.15) is 23.2 Å². The highest BCUT2D eigenvalue weighted by Gasteiger charge is 2.12. The van der Waals surface area contributed by atoms with E-state index in [1.807, 2.05) is 26.0 Å². The smallest absolute Gasteiger partial charge is 0.146 e. The molecule has 2 rings (SSSR count). The Morgan fingerprint density at radius 3 is 2.59 bits per heavy atom. The Kier molecular flexibility index (Phi) is 3.13. The van der Waals surface area contributed by atoms with Crippen LogP contribution in [-0.4, -0.2) is 0 Å². The van der Waals surface area contributed by atoms with E-state index >= 15 is 0 Å². The fourth-order valence-corrected chi connectivity index (χ4v) is 1.60. The van der Waals surface area contributed by atoms with Crippen molar-refractivity contribution < 1.29 is 13.2 Å². The van der Waals surface area contributed by atoms with Gasteiger partial charge in [0.25, 0.3) is 0 Å². The summed E-state index contributed by atoms with van der Waals surface area (Å²) in [5.41, 5.74) is 0.131. The van der Waals surface area contributed by atoms with Crippen LogP contribution in [0.5, 0.6) is 0 Å². The second kappa shape index (κ2) is 4.57. The minimum atomic E-state index is -0.485. The lowest BCUT2D eigenvalue weighted by molar-refractivity contribution is 0.466. The minimum absolute atomic E-state index is 0.131. The molecule has 0 fully saturated rings. The highest BCUT2D eigenvalue weighted by Crippen LogP contribution is 2.23. The van der Waals surface area contributed by atoms with Crippen molar-refractivity contribution in [1.29, 1.82) is 0 Å². The molecule has 4 heteroatoms. The number of halogens is 2. The van der Waals surface area contributed by atoms with Gasteiger partial charge in [0.15, 0.2) is 0 Å². The first-order valence-corrected chi connectivity index (χ1v) is 5.34. The fraction of sp³-hybridized carbons (Fsp3) is 0.231. The summed E-state index contributed by atoms with van der Waals surface area (Å²) >= 11 is 0. The number of benzene rings is 1. The van der Waals surface area contributed by atoms with Crippen LogP contribution in [0, 0.1) is 18.6 Å². The summed E-state index contributed by atoms with van der Waals surface area (Å²) in [4.78, 5) is 0. The summed E-state index contributed by atoms with van der Waals surface area (Å²) in [5, 5.41) is 2.87. The van der Waals surface area contributed by atoms with Crippen LogP contribution in [0.1, 0.15) is 24.5 Å². The first-order valence-electron chi connectivity index (χ1n) is 5.34. The highest BCUT2D eigenvalue weighted by atomic mass is 19.1. The molecule has 0 aliphatic rings. The average Bonchev–Trinajstić information content (AvgIpc) is 2.70. The van der Waals surface area contributed by atoms with Gasteiger partial charge in [-0.2, -0.15) is 0 Å². The van der Waals surface area contributed by atoms with E-state index in [0.717, 1.165) is 24.0 Å². The van der Waals surface area contributed by atoms with E-state index in [-0.39, 0.29) is 11.7 Å². The van der Waals surface area contributed by atoms with Crippen molar-refractivity contribution in [3.63, 3.8) is 0 Å². The van der Waals surface area contributed by atoms with Crippen molar-refractivity contribution in [3.05, 3.63) is 53.5 Å². The van der Waals surface area contributed by atoms with Gasteiger partial charge in [-0.05, 0) is 44.2 Å². The van der Waals surface area contributed by atoms with E-state index in [1.54, 1.807) is 0 Å². The largest absolute Gasteiger partial charge is 0.464 e. The molecular formula is C13H13F2NO. The molecule has 0 saturated heterocycles. The molecule has 0 aliphatic carbocycles. The third kappa shape index (κ3) is 2.64. The Labute approximate surface area is 98.3 Å². The molecule has 1 aromatic carbocycles. The number of anilines is 1. The maximum atomic E-state index is 13.4. The van der Waals surface area contributed by atoms with Gasteiger partial charge in [-0.1, -0.05) is 0 Å². The van der Waals surface area contributed by atoms with Crippen molar-refractivity contribution in [2.75, 3.05) is 5.32 Å². The van der Waals surface area contributed by atoms with E-state index in [4.69, 9.17) is 4.42 Å². The minimum Gasteiger partial charge on any atom is -0.464 e. The summed E-state index contributed by atoms with van der Waals surface area (Å²) in [6.07, 6.45) is 0. The molecule has 1 aromatic heterocycles. The highest BCUT2D eigenvalue weighted by molar-refractivity contribution is 5.46. The van der Waals surface area contributed by atoms with Gasteiger partial charge in [0, 0.05) is 0 Å². The molecule has 0 saturated carbocycles. The molecule has 1 unspecified atom stereocenters. The van der Waals surface area contributed by atoms with Crippen molar-refractivity contribution in [3.8, 4) is 0 Å². The monoisotopic (exact) mass is 237 g/mol. The lowest BCUT2D eigenvalue weighted by atomic mass is 10.2. The normalized spacial score (nSPS) is 12.5. The second-order valence-corrected chi connectivity index (χ2v) is 3.94. The first-order chi connectivity index (χ1) is 8.06. The van der Waals surface area contributed by atoms with Gasteiger partial charge < -0.3 is 9.73 Å². The zero-order valence-corrected chi connectivity index (χ0v) is 9.63. The molecule has 0 aliphatic heterocycles. The number of rotatable bonds is 3. The maximum Gasteiger partial charge on any atom is 0.146 e. The number of hydrogen-bond donors (Lipinski definition) is 1. The van der Waals surface area contributed by atoms with Crippen LogP contribution in [0.15, 0.2) is 34.7 Å². The molecule has 0 spiro atoms. The third-order valence-electron chi connectivity index (χ3n) is 2.49. The van der Waals surface area contributed by atoms with Gasteiger partial charge in [-0.3, -0.25) is 0 Å². The zero-order chi connectivity index (χ0) is 12.4. The number of furan rings is 1. The number of aryl methyl sites for hydroxylation is 1. The molecule has 90 valence electrons. The average molecular weight is 237 g/mol. The number of hydrogen-bond acceptors (Lipinski definition) is 2. The Balaban J connectivity index is 2.18. The quantitative estimate of drug-likeness (QED) is 0.871. The van der Waals surface area contributed by atoms with E-state index in [1.165, 1.54) is 0 Å². The Morgan fingerprint density at radius 1 is 1.18 bits per heavy atom. The van der Waals surface area contributed by atoms with Gasteiger partial charge in [0.2, 0.25) is 0 Å². The summed E-state index contributed by atoms with van der Waals surface area (Å²) in [6, 6.07) is 6.72. The molecule has 0 radical (unpaired) electrons. The SMILES string of the molecule is Cc1ccc(C(C)Nc2cc(F)ccc2F)o1. The Morgan fingerprint density at radius 2 is 1.94 bits per heavy atom. The van der Waals surface area contributed by atoms with E-state index in [0.29, 0.717) is 5.76 Å². The van der Waals surface area contributed by atoms with Crippen LogP contribution in [-0.2, 0) is 0 Å². The van der Waals surface area contributed by atoms with Crippen molar-refractivity contribution in [2.45, 2.75) is 19.9 Å². The molecule has 1 heterocycles. The van der Waals surface area contributed by atoms with E-state index in [9.17, 15) is 8.78 Å². The van der Waals surface area contributed by atoms with Crippen LogP contribution < -0.4 is 5.32 Å². The maximum absolute atomic E-state index is 13.4. The molecule has 2 aromatic rings. The Bertz CT molecular complexity index is 522. The zero-order valence-electron chi connectivity index (χ0n) is 9.63. The van der Waals surface area contributed by atoms with Crippen LogP contribution in [0.25, 0.3) is 0 Å². The molecular weight excluding hydrogens is 224 g/mol. The van der Waals surface area contributed by atoms with E-state index < -0.39 is 11.6 Å². The lowest BCUT2D eigenvalue weighted by Gasteiger charge is -2.13. The van der Waals surface area contributed by atoms with Gasteiger partial charge >= 0.3 is 0 Å². The second-order valence-electron chi connectivity index (χ2n) is 3.94. The topological polar surface area (TPSA) is 25.2 Å². The summed E-state index contributed by atoms with van der Waals surface area (Å²) < 4.78 is 31.8. The van der Waals surface area contributed by atoms with Gasteiger partial charge in [-0.25, -0.2) is 8.78 Å². The van der Waals surface area contributed by atoms with Crippen LogP contribution in [0.2, 0.25) is 0 Å². The molecule has 0 amide bonds. The van der Waals surface area contributed by atoms with Crippen molar-refractivity contribution >= 4 is 5.69 Å². The summed E-state index contributed by atoms with van der Waals surface area (Å²) in [7, 11) is 0. The lowest BCUT2D eigenvalue weighted by Crippen LogP contribution is -2.07. The molecule has 0 bridgehead atoms. The standard InChI is InChI=1S/C13H13F2NO/c1-8-3-6-13(17-8)9(2)16-12-7-10(14)4-5-11(12)15/h3-7,9,16H,1-2H3. The van der Waals surface area contributed by atoms with Crippen LogP contribution >= 0.6 is 0 Å². The van der Waals surface area contributed by atoms with Gasteiger partial charge in [-0.15, -0.1) is 0 Å². The predicted molar refractivity (Wildman–Crippen MR) is 61.8 cm³/mol. The summed E-state index contributed by atoms with van der Waals surface area (Å²) in [6.45, 7) is 3.65. The fourth-order valence-electron chi connectivity index (χ4n) is 1.60.